The van der Waals surface area contributed by atoms with Crippen molar-refractivity contribution in [1.29, 1.82) is 0 Å². The molecule has 1 N–H and O–H groups in total. The maximum absolute atomic E-state index is 13.7. The van der Waals surface area contributed by atoms with E-state index in [0.29, 0.717) is 30.4 Å². The number of ether oxygens (including phenoxy) is 3. The van der Waals surface area contributed by atoms with E-state index in [1.54, 1.807) is 18.2 Å². The predicted octanol–water partition coefficient (Wildman–Crippen LogP) is 3.83. The van der Waals surface area contributed by atoms with Crippen LogP contribution in [0.15, 0.2) is 42.5 Å². The minimum atomic E-state index is -1.07. The molecule has 1 amide bonds. The molecule has 3 rings (SSSR count). The molecule has 0 aromatic heterocycles. The highest BCUT2D eigenvalue weighted by Crippen LogP contribution is 2.32. The largest absolute Gasteiger partial charge is 0.486 e. The predicted molar refractivity (Wildman–Crippen MR) is 102 cm³/mol. The third-order valence-corrected chi connectivity index (χ3v) is 4.19. The molecule has 28 heavy (non-hydrogen) atoms. The van der Waals surface area contributed by atoms with Crippen molar-refractivity contribution < 1.29 is 28.2 Å². The minimum absolute atomic E-state index is 0.0644. The molecule has 0 radical (unpaired) electrons. The van der Waals surface area contributed by atoms with Gasteiger partial charge in [0.15, 0.2) is 17.6 Å². The van der Waals surface area contributed by atoms with Crippen molar-refractivity contribution in [2.75, 3.05) is 18.5 Å². The van der Waals surface area contributed by atoms with Crippen LogP contribution in [0, 0.1) is 5.82 Å². The highest BCUT2D eigenvalue weighted by Gasteiger charge is 2.18. The molecule has 0 spiro atoms. The first-order valence-electron chi connectivity index (χ1n) is 8.47. The number of amides is 1. The maximum Gasteiger partial charge on any atom is 0.331 e. The lowest BCUT2D eigenvalue weighted by Crippen LogP contribution is -2.29. The monoisotopic (exact) mass is 405 g/mol. The van der Waals surface area contributed by atoms with Crippen LogP contribution in [0.3, 0.4) is 0 Å². The van der Waals surface area contributed by atoms with Gasteiger partial charge in [0.25, 0.3) is 5.91 Å². The highest BCUT2D eigenvalue weighted by atomic mass is 35.5. The Morgan fingerprint density at radius 3 is 2.71 bits per heavy atom. The first kappa shape index (κ1) is 19.7. The zero-order valence-electron chi connectivity index (χ0n) is 14.9. The molecule has 0 fully saturated rings. The van der Waals surface area contributed by atoms with Crippen molar-refractivity contribution in [3.8, 4) is 11.5 Å². The smallest absolute Gasteiger partial charge is 0.331 e. The maximum atomic E-state index is 13.7. The number of nitrogens with one attached hydrogen (secondary N) is 1. The fourth-order valence-electron chi connectivity index (χ4n) is 2.45. The summed E-state index contributed by atoms with van der Waals surface area (Å²) in [4.78, 5) is 24.1. The Labute approximate surface area is 165 Å². The second-order valence-corrected chi connectivity index (χ2v) is 6.30. The lowest BCUT2D eigenvalue weighted by Gasteiger charge is -2.19. The lowest BCUT2D eigenvalue weighted by molar-refractivity contribution is -0.148. The molecule has 1 unspecified atom stereocenters. The average Bonchev–Trinajstić information content (AvgIpc) is 2.67. The summed E-state index contributed by atoms with van der Waals surface area (Å²) in [5.41, 5.74) is 0.542. The van der Waals surface area contributed by atoms with Crippen LogP contribution in [0.2, 0.25) is 5.02 Å². The van der Waals surface area contributed by atoms with Gasteiger partial charge in [-0.15, -0.1) is 0 Å². The third kappa shape index (κ3) is 4.80. The van der Waals surface area contributed by atoms with Gasteiger partial charge in [0.1, 0.15) is 19.0 Å². The fourth-order valence-corrected chi connectivity index (χ4v) is 2.68. The molecular weight excluding hydrogens is 389 g/mol. The molecule has 146 valence electrons. The second-order valence-electron chi connectivity index (χ2n) is 5.90. The summed E-state index contributed by atoms with van der Waals surface area (Å²) >= 11 is 5.88. The first-order chi connectivity index (χ1) is 13.4. The molecular formula is C20H17ClFNO5. The van der Waals surface area contributed by atoms with Crippen molar-refractivity contribution in [3.63, 3.8) is 0 Å². The topological polar surface area (TPSA) is 73.9 Å². The van der Waals surface area contributed by atoms with E-state index in [4.69, 9.17) is 25.8 Å². The summed E-state index contributed by atoms with van der Waals surface area (Å²) in [6.45, 7) is 2.32. The zero-order chi connectivity index (χ0) is 20.1. The average molecular weight is 406 g/mol. The third-order valence-electron chi connectivity index (χ3n) is 3.86. The second kappa shape index (κ2) is 8.75. The quantitative estimate of drug-likeness (QED) is 0.604. The highest BCUT2D eigenvalue weighted by molar-refractivity contribution is 6.32. The summed E-state index contributed by atoms with van der Waals surface area (Å²) in [7, 11) is 0. The zero-order valence-corrected chi connectivity index (χ0v) is 15.7. The molecule has 6 nitrogen and oxygen atoms in total. The van der Waals surface area contributed by atoms with Crippen molar-refractivity contribution in [3.05, 3.63) is 58.9 Å². The molecule has 2 aromatic carbocycles. The van der Waals surface area contributed by atoms with Crippen molar-refractivity contribution in [2.45, 2.75) is 13.0 Å². The SMILES string of the molecule is CC(OC(=O)/C=C/c1c(F)cccc1Cl)C(=O)Nc1ccc2c(c1)OCCO2. The molecule has 1 atom stereocenters. The molecule has 1 aliphatic rings. The first-order valence-corrected chi connectivity index (χ1v) is 8.85. The van der Waals surface area contributed by atoms with Gasteiger partial charge in [-0.3, -0.25) is 4.79 Å². The number of halogens is 2. The number of fused-ring (bicyclic) bond motifs is 1. The van der Waals surface area contributed by atoms with Gasteiger partial charge >= 0.3 is 5.97 Å². The van der Waals surface area contributed by atoms with E-state index in [1.807, 2.05) is 0 Å². The Bertz CT molecular complexity index is 911. The van der Waals surface area contributed by atoms with Crippen LogP contribution in [-0.2, 0) is 14.3 Å². The van der Waals surface area contributed by atoms with Gasteiger partial charge in [0.05, 0.1) is 5.02 Å². The van der Waals surface area contributed by atoms with E-state index in [9.17, 15) is 14.0 Å². The normalized spacial score (nSPS) is 13.8. The molecule has 0 saturated heterocycles. The van der Waals surface area contributed by atoms with Crippen LogP contribution in [-0.4, -0.2) is 31.2 Å². The van der Waals surface area contributed by atoms with Gasteiger partial charge < -0.3 is 19.5 Å². The Morgan fingerprint density at radius 1 is 1.21 bits per heavy atom. The van der Waals surface area contributed by atoms with Gasteiger partial charge in [-0.05, 0) is 37.3 Å². The van der Waals surface area contributed by atoms with E-state index in [1.165, 1.54) is 31.2 Å². The van der Waals surface area contributed by atoms with Gasteiger partial charge in [0.2, 0.25) is 0 Å². The summed E-state index contributed by atoms with van der Waals surface area (Å²) in [6, 6.07) is 9.14. The molecule has 0 aliphatic carbocycles. The summed E-state index contributed by atoms with van der Waals surface area (Å²) in [5.74, 6) is -0.772. The molecule has 2 aromatic rings. The van der Waals surface area contributed by atoms with E-state index in [2.05, 4.69) is 5.32 Å². The minimum Gasteiger partial charge on any atom is -0.486 e. The summed E-state index contributed by atoms with van der Waals surface area (Å²) in [6.07, 6.45) is 1.14. The van der Waals surface area contributed by atoms with Gasteiger partial charge in [-0.1, -0.05) is 17.7 Å². The van der Waals surface area contributed by atoms with Gasteiger partial charge in [-0.2, -0.15) is 0 Å². The number of benzene rings is 2. The van der Waals surface area contributed by atoms with Crippen molar-refractivity contribution in [1.82, 2.24) is 0 Å². The summed E-state index contributed by atoms with van der Waals surface area (Å²) in [5, 5.41) is 2.79. The lowest BCUT2D eigenvalue weighted by atomic mass is 10.2. The number of carbonyl (C=O) groups excluding carboxylic acids is 2. The fraction of sp³-hybridized carbons (Fsp3) is 0.200. The number of carbonyl (C=O) groups is 2. The number of anilines is 1. The molecule has 0 saturated carbocycles. The molecule has 1 aliphatic heterocycles. The standard InChI is InChI=1S/C20H17ClFNO5/c1-12(28-19(24)8-6-14-15(21)3-2-4-16(14)22)20(25)23-13-5-7-17-18(11-13)27-10-9-26-17/h2-8,11-12H,9-10H2,1H3,(H,23,25)/b8-6+. The van der Waals surface area contributed by atoms with Crippen molar-refractivity contribution >= 4 is 35.2 Å². The number of hydrogen-bond donors (Lipinski definition) is 1. The molecule has 8 heteroatoms. The molecule has 1 heterocycles. The van der Waals surface area contributed by atoms with E-state index < -0.39 is 23.8 Å². The number of rotatable bonds is 5. The number of esters is 1. The summed E-state index contributed by atoms with van der Waals surface area (Å²) < 4.78 is 29.6. The van der Waals surface area contributed by atoms with Crippen LogP contribution in [0.1, 0.15) is 12.5 Å². The number of hydrogen-bond acceptors (Lipinski definition) is 5. The van der Waals surface area contributed by atoms with Crippen LogP contribution < -0.4 is 14.8 Å². The Kier molecular flexibility index (Phi) is 6.16. The van der Waals surface area contributed by atoms with E-state index in [-0.39, 0.29) is 10.6 Å². The van der Waals surface area contributed by atoms with Crippen LogP contribution in [0.4, 0.5) is 10.1 Å². The Hall–Kier alpha value is -3.06. The van der Waals surface area contributed by atoms with E-state index >= 15 is 0 Å². The van der Waals surface area contributed by atoms with Crippen LogP contribution >= 0.6 is 11.6 Å². The van der Waals surface area contributed by atoms with E-state index in [0.717, 1.165) is 6.08 Å². The van der Waals surface area contributed by atoms with Gasteiger partial charge in [-0.25, -0.2) is 9.18 Å². The van der Waals surface area contributed by atoms with Crippen LogP contribution in [0.5, 0.6) is 11.5 Å². The van der Waals surface area contributed by atoms with Gasteiger partial charge in [0, 0.05) is 23.4 Å². The Morgan fingerprint density at radius 2 is 1.96 bits per heavy atom. The Balaban J connectivity index is 1.58. The molecule has 0 bridgehead atoms. The van der Waals surface area contributed by atoms with Crippen LogP contribution in [0.25, 0.3) is 6.08 Å². The van der Waals surface area contributed by atoms with Crippen molar-refractivity contribution in [2.24, 2.45) is 0 Å².